The number of nitrogens with zero attached hydrogens (tertiary/aromatic N) is 2. The molecule has 0 aliphatic heterocycles. The van der Waals surface area contributed by atoms with Gasteiger partial charge in [0, 0.05) is 16.5 Å². The van der Waals surface area contributed by atoms with Gasteiger partial charge in [0.15, 0.2) is 5.15 Å². The fourth-order valence-corrected chi connectivity index (χ4v) is 2.39. The maximum Gasteiger partial charge on any atom is 0.151 e. The number of rotatable bonds is 4. The van der Waals surface area contributed by atoms with E-state index in [2.05, 4.69) is 10.2 Å². The van der Waals surface area contributed by atoms with E-state index in [-0.39, 0.29) is 0 Å². The molecule has 2 rings (SSSR count). The van der Waals surface area contributed by atoms with Gasteiger partial charge in [0.2, 0.25) is 0 Å². The smallest absolute Gasteiger partial charge is 0.151 e. The number of halogens is 2. The molecule has 0 radical (unpaired) electrons. The van der Waals surface area contributed by atoms with E-state index in [1.807, 2.05) is 30.3 Å². The highest BCUT2D eigenvalue weighted by Gasteiger charge is 1.98. The number of hydrogen-bond donors (Lipinski definition) is 0. The van der Waals surface area contributed by atoms with Crippen molar-refractivity contribution in [2.45, 2.75) is 11.5 Å². The molecule has 0 amide bonds. The minimum absolute atomic E-state index is 0.427. The first-order chi connectivity index (χ1) is 8.24. The van der Waals surface area contributed by atoms with Crippen molar-refractivity contribution in [3.8, 4) is 0 Å². The second-order valence-electron chi connectivity index (χ2n) is 3.47. The SMILES string of the molecule is Clc1ccc(CSCc2ccc(Cl)nn2)cc1. The lowest BCUT2D eigenvalue weighted by atomic mass is 10.2. The van der Waals surface area contributed by atoms with E-state index in [4.69, 9.17) is 23.2 Å². The average Bonchev–Trinajstić information content (AvgIpc) is 2.34. The molecule has 17 heavy (non-hydrogen) atoms. The van der Waals surface area contributed by atoms with Crippen LogP contribution in [0.1, 0.15) is 11.3 Å². The Labute approximate surface area is 114 Å². The third-order valence-corrected chi connectivity index (χ3v) is 3.61. The van der Waals surface area contributed by atoms with Crippen LogP contribution in [0.2, 0.25) is 10.2 Å². The molecule has 0 unspecified atom stereocenters. The van der Waals surface area contributed by atoms with E-state index < -0.39 is 0 Å². The predicted molar refractivity (Wildman–Crippen MR) is 73.5 cm³/mol. The Kier molecular flexibility index (Phi) is 4.66. The van der Waals surface area contributed by atoms with Crippen molar-refractivity contribution in [3.63, 3.8) is 0 Å². The summed E-state index contributed by atoms with van der Waals surface area (Å²) in [6, 6.07) is 11.5. The van der Waals surface area contributed by atoms with Crippen LogP contribution in [0.3, 0.4) is 0 Å². The quantitative estimate of drug-likeness (QED) is 0.841. The Morgan fingerprint density at radius 2 is 1.65 bits per heavy atom. The molecule has 2 aromatic rings. The largest absolute Gasteiger partial charge is 0.153 e. The Hall–Kier alpha value is -0.770. The van der Waals surface area contributed by atoms with E-state index in [0.29, 0.717) is 5.15 Å². The predicted octanol–water partition coefficient (Wildman–Crippen LogP) is 4.22. The molecule has 0 saturated carbocycles. The lowest BCUT2D eigenvalue weighted by Crippen LogP contribution is -1.90. The zero-order valence-corrected chi connectivity index (χ0v) is 11.3. The molecule has 1 aromatic heterocycles. The van der Waals surface area contributed by atoms with Gasteiger partial charge in [-0.25, -0.2) is 0 Å². The molecular formula is C12H10Cl2N2S. The summed E-state index contributed by atoms with van der Waals surface area (Å²) >= 11 is 13.3. The highest BCUT2D eigenvalue weighted by atomic mass is 35.5. The van der Waals surface area contributed by atoms with Crippen molar-refractivity contribution in [1.82, 2.24) is 10.2 Å². The first-order valence-corrected chi connectivity index (χ1v) is 6.95. The van der Waals surface area contributed by atoms with Crippen LogP contribution in [0, 0.1) is 0 Å². The summed E-state index contributed by atoms with van der Waals surface area (Å²) in [5.41, 5.74) is 2.19. The maximum atomic E-state index is 5.82. The molecular weight excluding hydrogens is 275 g/mol. The van der Waals surface area contributed by atoms with Crippen LogP contribution >= 0.6 is 35.0 Å². The lowest BCUT2D eigenvalue weighted by molar-refractivity contribution is 0.971. The summed E-state index contributed by atoms with van der Waals surface area (Å²) in [5.74, 6) is 1.76. The maximum absolute atomic E-state index is 5.82. The Balaban J connectivity index is 1.83. The third-order valence-electron chi connectivity index (χ3n) is 2.12. The number of benzene rings is 1. The molecule has 0 fully saturated rings. The molecule has 0 spiro atoms. The van der Waals surface area contributed by atoms with Crippen molar-refractivity contribution in [2.75, 3.05) is 0 Å². The summed E-state index contributed by atoms with van der Waals surface area (Å²) in [6.07, 6.45) is 0. The highest BCUT2D eigenvalue weighted by Crippen LogP contribution is 2.18. The van der Waals surface area contributed by atoms with Crippen LogP contribution in [-0.4, -0.2) is 10.2 Å². The standard InChI is InChI=1S/C12H10Cl2N2S/c13-10-3-1-9(2-4-10)7-17-8-11-5-6-12(14)16-15-11/h1-6H,7-8H2. The molecule has 0 saturated heterocycles. The Morgan fingerprint density at radius 3 is 2.29 bits per heavy atom. The molecule has 0 N–H and O–H groups in total. The number of aromatic nitrogens is 2. The first kappa shape index (κ1) is 12.7. The third kappa shape index (κ3) is 4.19. The van der Waals surface area contributed by atoms with E-state index in [1.54, 1.807) is 17.8 Å². The van der Waals surface area contributed by atoms with Gasteiger partial charge in [-0.05, 0) is 29.8 Å². The normalized spacial score (nSPS) is 10.5. The van der Waals surface area contributed by atoms with Gasteiger partial charge in [0.25, 0.3) is 0 Å². The van der Waals surface area contributed by atoms with Crippen molar-refractivity contribution in [1.29, 1.82) is 0 Å². The molecule has 0 aliphatic rings. The van der Waals surface area contributed by atoms with Gasteiger partial charge in [-0.3, -0.25) is 0 Å². The Bertz CT molecular complexity index is 425. The molecule has 5 heteroatoms. The van der Waals surface area contributed by atoms with Crippen LogP contribution < -0.4 is 0 Å². The van der Waals surface area contributed by atoms with E-state index in [1.165, 1.54) is 5.56 Å². The highest BCUT2D eigenvalue weighted by molar-refractivity contribution is 7.97. The van der Waals surface area contributed by atoms with Gasteiger partial charge in [0.1, 0.15) is 0 Å². The minimum atomic E-state index is 0.427. The molecule has 0 aliphatic carbocycles. The fourth-order valence-electron chi connectivity index (χ4n) is 1.27. The monoisotopic (exact) mass is 284 g/mol. The summed E-state index contributed by atoms with van der Waals surface area (Å²) in [5, 5.41) is 8.99. The van der Waals surface area contributed by atoms with E-state index >= 15 is 0 Å². The fraction of sp³-hybridized carbons (Fsp3) is 0.167. The van der Waals surface area contributed by atoms with Crippen LogP contribution in [0.25, 0.3) is 0 Å². The van der Waals surface area contributed by atoms with Crippen LogP contribution in [0.4, 0.5) is 0 Å². The van der Waals surface area contributed by atoms with Gasteiger partial charge < -0.3 is 0 Å². The summed E-state index contributed by atoms with van der Waals surface area (Å²) in [6.45, 7) is 0. The summed E-state index contributed by atoms with van der Waals surface area (Å²) < 4.78 is 0. The first-order valence-electron chi connectivity index (χ1n) is 5.04. The number of thioether (sulfide) groups is 1. The lowest BCUT2D eigenvalue weighted by Gasteiger charge is -2.01. The van der Waals surface area contributed by atoms with Crippen LogP contribution in [0.15, 0.2) is 36.4 Å². The van der Waals surface area contributed by atoms with Crippen molar-refractivity contribution in [3.05, 3.63) is 57.8 Å². The Morgan fingerprint density at radius 1 is 0.882 bits per heavy atom. The topological polar surface area (TPSA) is 25.8 Å². The molecule has 88 valence electrons. The molecule has 0 atom stereocenters. The second kappa shape index (κ2) is 6.24. The average molecular weight is 285 g/mol. The zero-order valence-electron chi connectivity index (χ0n) is 8.94. The van der Waals surface area contributed by atoms with E-state index in [9.17, 15) is 0 Å². The van der Waals surface area contributed by atoms with Crippen molar-refractivity contribution >= 4 is 35.0 Å². The molecule has 1 aromatic carbocycles. The molecule has 1 heterocycles. The number of hydrogen-bond acceptors (Lipinski definition) is 3. The van der Waals surface area contributed by atoms with Gasteiger partial charge in [-0.15, -0.1) is 5.10 Å². The van der Waals surface area contributed by atoms with Gasteiger partial charge >= 0.3 is 0 Å². The van der Waals surface area contributed by atoms with Crippen molar-refractivity contribution < 1.29 is 0 Å². The molecule has 0 bridgehead atoms. The summed E-state index contributed by atoms with van der Waals surface area (Å²) in [4.78, 5) is 0. The van der Waals surface area contributed by atoms with Crippen LogP contribution in [0.5, 0.6) is 0 Å². The zero-order chi connectivity index (χ0) is 12.1. The van der Waals surface area contributed by atoms with Gasteiger partial charge in [-0.2, -0.15) is 16.9 Å². The second-order valence-corrected chi connectivity index (χ2v) is 5.28. The van der Waals surface area contributed by atoms with E-state index in [0.717, 1.165) is 22.2 Å². The minimum Gasteiger partial charge on any atom is -0.153 e. The molecule has 2 nitrogen and oxygen atoms in total. The van der Waals surface area contributed by atoms with Crippen molar-refractivity contribution in [2.24, 2.45) is 0 Å². The van der Waals surface area contributed by atoms with Gasteiger partial charge in [-0.1, -0.05) is 35.3 Å². The summed E-state index contributed by atoms with van der Waals surface area (Å²) in [7, 11) is 0. The van der Waals surface area contributed by atoms with Gasteiger partial charge in [0.05, 0.1) is 5.69 Å². The van der Waals surface area contributed by atoms with Crippen LogP contribution in [-0.2, 0) is 11.5 Å².